The zero-order valence-electron chi connectivity index (χ0n) is 25.6. The van der Waals surface area contributed by atoms with Gasteiger partial charge in [0.1, 0.15) is 6.04 Å². The fourth-order valence-corrected chi connectivity index (χ4v) is 10.9. The highest BCUT2D eigenvalue weighted by Gasteiger charge is 2.76. The van der Waals surface area contributed by atoms with Crippen LogP contribution in [0, 0.1) is 31.6 Å². The summed E-state index contributed by atoms with van der Waals surface area (Å²) in [6.07, 6.45) is 5.57. The molecule has 1 spiro atoms. The number of alkyl halides is 1. The molecule has 1 aromatic rings. The van der Waals surface area contributed by atoms with Crippen molar-refractivity contribution in [2.45, 2.75) is 80.8 Å². The Kier molecular flexibility index (Phi) is 10.4. The van der Waals surface area contributed by atoms with Gasteiger partial charge in [0.2, 0.25) is 11.8 Å². The van der Waals surface area contributed by atoms with Gasteiger partial charge < -0.3 is 19.8 Å². The molecule has 7 nitrogen and oxygen atoms in total. The Labute approximate surface area is 263 Å². The van der Waals surface area contributed by atoms with Crippen molar-refractivity contribution in [3.63, 3.8) is 0 Å². The third kappa shape index (κ3) is 5.38. The van der Waals surface area contributed by atoms with E-state index in [-0.39, 0.29) is 46.9 Å². The van der Waals surface area contributed by atoms with E-state index in [2.05, 4.69) is 29.1 Å². The molecule has 4 rings (SSSR count). The number of carbonyl (C=O) groups is 3. The van der Waals surface area contributed by atoms with Gasteiger partial charge in [0.05, 0.1) is 29.2 Å². The zero-order valence-corrected chi connectivity index (χ0v) is 28.0. The van der Waals surface area contributed by atoms with Gasteiger partial charge in [-0.3, -0.25) is 14.4 Å². The molecule has 0 radical (unpaired) electrons. The first-order valence-corrected chi connectivity index (χ1v) is 17.0. The van der Waals surface area contributed by atoms with Crippen molar-refractivity contribution >= 4 is 51.1 Å². The minimum atomic E-state index is -0.826. The predicted molar refractivity (Wildman–Crippen MR) is 175 cm³/mol. The quantitative estimate of drug-likeness (QED) is 0.235. The van der Waals surface area contributed by atoms with Crippen LogP contribution in [0.2, 0.25) is 0 Å². The van der Waals surface area contributed by atoms with Crippen molar-refractivity contribution in [3.8, 4) is 0 Å². The van der Waals surface area contributed by atoms with E-state index in [0.717, 1.165) is 29.7 Å². The number of halogens is 1. The molecule has 2 bridgehead atoms. The number of amides is 3. The van der Waals surface area contributed by atoms with Crippen LogP contribution in [0.15, 0.2) is 43.5 Å². The molecule has 3 fully saturated rings. The molecule has 3 saturated heterocycles. The number of aliphatic hydroxyl groups excluding tert-OH is 1. The van der Waals surface area contributed by atoms with Crippen LogP contribution >= 0.6 is 27.7 Å². The van der Waals surface area contributed by atoms with Crippen molar-refractivity contribution in [2.24, 2.45) is 17.8 Å². The Morgan fingerprint density at radius 2 is 1.90 bits per heavy atom. The fraction of sp³-hybridized carbons (Fsp3) is 0.606. The number of anilines is 1. The molecule has 8 atom stereocenters. The maximum atomic E-state index is 15.0. The van der Waals surface area contributed by atoms with Crippen LogP contribution in [0.5, 0.6) is 0 Å². The van der Waals surface area contributed by atoms with E-state index >= 15 is 0 Å². The Morgan fingerprint density at radius 3 is 2.50 bits per heavy atom. The van der Waals surface area contributed by atoms with Gasteiger partial charge in [-0.25, -0.2) is 0 Å². The number of benzene rings is 1. The number of rotatable bonds is 13. The topological polar surface area (TPSA) is 81.2 Å². The van der Waals surface area contributed by atoms with Gasteiger partial charge in [-0.05, 0) is 49.8 Å². The molecule has 230 valence electrons. The van der Waals surface area contributed by atoms with Crippen LogP contribution in [0.1, 0.15) is 51.2 Å². The first-order chi connectivity index (χ1) is 20.0. The Balaban J connectivity index is 1.89. The summed E-state index contributed by atoms with van der Waals surface area (Å²) in [5.74, 6) is -1.65. The first-order valence-electron chi connectivity index (χ1n) is 15.2. The van der Waals surface area contributed by atoms with Crippen LogP contribution in [0.3, 0.4) is 0 Å². The second-order valence-corrected chi connectivity index (χ2v) is 14.9. The number of nitrogens with zero attached hydrogens (tertiary/aromatic N) is 3. The van der Waals surface area contributed by atoms with Crippen LogP contribution < -0.4 is 4.90 Å². The molecule has 0 aliphatic carbocycles. The molecule has 3 unspecified atom stereocenters. The Morgan fingerprint density at radius 1 is 1.21 bits per heavy atom. The van der Waals surface area contributed by atoms with Gasteiger partial charge in [-0.2, -0.15) is 0 Å². The number of aliphatic hydroxyl groups is 1. The summed E-state index contributed by atoms with van der Waals surface area (Å²) in [6, 6.07) is 4.66. The average molecular weight is 661 g/mol. The maximum absolute atomic E-state index is 15.0. The minimum absolute atomic E-state index is 0.0207. The van der Waals surface area contributed by atoms with Crippen LogP contribution in [-0.2, 0) is 14.4 Å². The Hall–Kier alpha value is -2.10. The summed E-state index contributed by atoms with van der Waals surface area (Å²) in [5, 5.41) is 10.6. The summed E-state index contributed by atoms with van der Waals surface area (Å²) in [6.45, 7) is 18.9. The van der Waals surface area contributed by atoms with E-state index in [0.29, 0.717) is 19.5 Å². The van der Waals surface area contributed by atoms with Gasteiger partial charge in [-0.1, -0.05) is 67.4 Å². The molecule has 0 saturated carbocycles. The number of aryl methyl sites for hydroxylation is 2. The van der Waals surface area contributed by atoms with Crippen LogP contribution in [0.4, 0.5) is 5.69 Å². The van der Waals surface area contributed by atoms with E-state index in [1.807, 2.05) is 52.8 Å². The highest BCUT2D eigenvalue weighted by molar-refractivity contribution is 9.09. The van der Waals surface area contributed by atoms with Crippen molar-refractivity contribution in [1.29, 1.82) is 0 Å². The third-order valence-electron chi connectivity index (χ3n) is 9.48. The van der Waals surface area contributed by atoms with Crippen LogP contribution in [0.25, 0.3) is 0 Å². The summed E-state index contributed by atoms with van der Waals surface area (Å²) in [5.41, 5.74) is 2.77. The van der Waals surface area contributed by atoms with Gasteiger partial charge in [0.15, 0.2) is 0 Å². The lowest BCUT2D eigenvalue weighted by atomic mass is 9.70. The lowest BCUT2D eigenvalue weighted by molar-refractivity contribution is -0.146. The third-order valence-corrected chi connectivity index (χ3v) is 12.7. The number of hydrogen-bond acceptors (Lipinski definition) is 5. The van der Waals surface area contributed by atoms with E-state index in [1.54, 1.807) is 38.6 Å². The number of thioether (sulfide) groups is 1. The van der Waals surface area contributed by atoms with Gasteiger partial charge in [0.25, 0.3) is 5.91 Å². The predicted octanol–water partition coefficient (Wildman–Crippen LogP) is 5.12. The summed E-state index contributed by atoms with van der Waals surface area (Å²) < 4.78 is -0.794. The summed E-state index contributed by atoms with van der Waals surface area (Å²) in [4.78, 5) is 49.1. The molecular formula is C33H46BrN3O4S. The van der Waals surface area contributed by atoms with Crippen molar-refractivity contribution in [2.75, 3.05) is 31.1 Å². The molecule has 3 amide bonds. The van der Waals surface area contributed by atoms with Gasteiger partial charge >= 0.3 is 0 Å². The molecule has 42 heavy (non-hydrogen) atoms. The van der Waals surface area contributed by atoms with E-state index in [1.165, 1.54) is 0 Å². The van der Waals surface area contributed by atoms with E-state index < -0.39 is 28.7 Å². The largest absolute Gasteiger partial charge is 0.394 e. The lowest BCUT2D eigenvalue weighted by Gasteiger charge is -2.41. The minimum Gasteiger partial charge on any atom is -0.394 e. The lowest BCUT2D eigenvalue weighted by Crippen LogP contribution is -2.59. The monoisotopic (exact) mass is 659 g/mol. The van der Waals surface area contributed by atoms with Gasteiger partial charge in [0, 0.05) is 35.4 Å². The molecule has 3 aliphatic heterocycles. The number of carbonyl (C=O) groups excluding carboxylic acids is 3. The summed E-state index contributed by atoms with van der Waals surface area (Å²) in [7, 11) is 0. The zero-order chi connectivity index (χ0) is 30.9. The molecule has 0 aromatic heterocycles. The number of likely N-dealkylation sites (tertiary alicyclic amines) is 1. The second kappa shape index (κ2) is 13.3. The number of hydrogen-bond donors (Lipinski definition) is 1. The van der Waals surface area contributed by atoms with E-state index in [9.17, 15) is 19.5 Å². The highest BCUT2D eigenvalue weighted by atomic mass is 79.9. The molecule has 3 aliphatic rings. The highest BCUT2D eigenvalue weighted by Crippen LogP contribution is 2.68. The first kappa shape index (κ1) is 32.8. The normalized spacial score (nSPS) is 29.3. The molecule has 9 heteroatoms. The SMILES string of the molecule is C=CCN(CCC)C(=O)[C@H]1[C@@H]2SC3(CC2Br)C(C(=O)N(CC=C)c2cc(C)ccc2C)N([C@@H](CO)[C@@H](C)CC)C(=O)[C@H]13. The Bertz CT molecular complexity index is 1230. The summed E-state index contributed by atoms with van der Waals surface area (Å²) >= 11 is 5.52. The van der Waals surface area contributed by atoms with Crippen molar-refractivity contribution in [3.05, 3.63) is 54.6 Å². The molecule has 1 aromatic carbocycles. The molecule has 1 N–H and O–H groups in total. The standard InChI is InChI=1S/C33H46BrN3O4S/c1-8-14-35(15-9-2)30(39)26-27-31(40)37(25(19-38)21(6)11-4)29(33(27)18-23(34)28(26)42-33)32(41)36(16-10-3)24-17-20(5)12-13-22(24)7/h8,10,12-13,17,21,23,25-29,38H,1,3,9,11,14-16,18-19H2,2,4-7H3/t21-,23?,25-,26+,27-,28+,29?,33?/m0/s1. The van der Waals surface area contributed by atoms with Crippen molar-refractivity contribution < 1.29 is 19.5 Å². The smallest absolute Gasteiger partial charge is 0.251 e. The average Bonchev–Trinajstić information content (AvgIpc) is 3.56. The molecule has 3 heterocycles. The van der Waals surface area contributed by atoms with Crippen LogP contribution in [-0.4, -0.2) is 85.8 Å². The van der Waals surface area contributed by atoms with E-state index in [4.69, 9.17) is 0 Å². The second-order valence-electron chi connectivity index (χ2n) is 12.1. The van der Waals surface area contributed by atoms with Gasteiger partial charge in [-0.15, -0.1) is 24.9 Å². The maximum Gasteiger partial charge on any atom is 0.251 e. The number of fused-ring (bicyclic) bond motifs is 1. The molecular weight excluding hydrogens is 614 g/mol. The van der Waals surface area contributed by atoms with Crippen molar-refractivity contribution in [1.82, 2.24) is 9.80 Å². The fourth-order valence-electron chi connectivity index (χ4n) is 7.32.